The molecule has 1 amide bonds. The molecule has 228 valence electrons. The van der Waals surface area contributed by atoms with Gasteiger partial charge in [0.05, 0.1) is 17.6 Å². The number of nitrogens with zero attached hydrogens (tertiary/aromatic N) is 5. The number of halogens is 2. The van der Waals surface area contributed by atoms with Crippen LogP contribution in [0.15, 0.2) is 79.0 Å². The van der Waals surface area contributed by atoms with Gasteiger partial charge in [-0.15, -0.1) is 0 Å². The summed E-state index contributed by atoms with van der Waals surface area (Å²) in [6.07, 6.45) is 4.60. The monoisotopic (exact) mass is 628 g/mol. The van der Waals surface area contributed by atoms with E-state index >= 15 is 0 Å². The van der Waals surface area contributed by atoms with Crippen molar-refractivity contribution >= 4 is 40.0 Å². The van der Waals surface area contributed by atoms with Gasteiger partial charge in [-0.3, -0.25) is 4.79 Å². The molecular weight excluding hydrogens is 591 g/mol. The van der Waals surface area contributed by atoms with Crippen molar-refractivity contribution in [1.82, 2.24) is 29.5 Å². The number of hydrogen-bond donors (Lipinski definition) is 1. The second-order valence-electron chi connectivity index (χ2n) is 12.0. The van der Waals surface area contributed by atoms with E-state index in [4.69, 9.17) is 28.3 Å². The number of aromatic nitrogens is 3. The average Bonchev–Trinajstić information content (AvgIpc) is 3.75. The summed E-state index contributed by atoms with van der Waals surface area (Å²) in [6, 6.07) is 24.0. The lowest BCUT2D eigenvalue weighted by Gasteiger charge is -2.25. The fraction of sp³-hybridized carbons (Fsp3) is 0.314. The highest BCUT2D eigenvalue weighted by atomic mass is 35.5. The van der Waals surface area contributed by atoms with Crippen molar-refractivity contribution in [2.24, 2.45) is 0 Å². The molecule has 44 heavy (non-hydrogen) atoms. The summed E-state index contributed by atoms with van der Waals surface area (Å²) in [5, 5.41) is 7.12. The van der Waals surface area contributed by atoms with Crippen LogP contribution in [0.5, 0.6) is 0 Å². The number of nitrogens with one attached hydrogen (secondary N) is 1. The molecule has 5 aromatic rings. The van der Waals surface area contributed by atoms with Crippen LogP contribution in [0.25, 0.3) is 27.8 Å². The lowest BCUT2D eigenvalue weighted by atomic mass is 9.98. The molecule has 7 nitrogen and oxygen atoms in total. The zero-order valence-corrected chi connectivity index (χ0v) is 26.9. The number of likely N-dealkylation sites (N-methyl/N-ethyl adjacent to an activating group) is 1. The molecule has 3 heterocycles. The number of hydrogen-bond acceptors (Lipinski definition) is 4. The smallest absolute Gasteiger partial charge is 0.271 e. The van der Waals surface area contributed by atoms with Gasteiger partial charge in [0.15, 0.2) is 0 Å². The zero-order valence-electron chi connectivity index (χ0n) is 25.4. The minimum atomic E-state index is -0.00484. The number of benzene rings is 3. The van der Waals surface area contributed by atoms with Gasteiger partial charge in [0, 0.05) is 57.6 Å². The van der Waals surface area contributed by atoms with Crippen molar-refractivity contribution in [2.45, 2.75) is 25.3 Å². The summed E-state index contributed by atoms with van der Waals surface area (Å²) >= 11 is 12.6. The second kappa shape index (κ2) is 13.2. The largest absolute Gasteiger partial charge is 0.350 e. The highest BCUT2D eigenvalue weighted by Crippen LogP contribution is 2.39. The number of aromatic amines is 1. The van der Waals surface area contributed by atoms with Crippen LogP contribution in [-0.2, 0) is 6.42 Å². The van der Waals surface area contributed by atoms with Crippen molar-refractivity contribution in [3.8, 4) is 16.9 Å². The van der Waals surface area contributed by atoms with Crippen LogP contribution in [0, 0.1) is 0 Å². The quantitative estimate of drug-likeness (QED) is 0.181. The minimum absolute atomic E-state index is 0.00484. The van der Waals surface area contributed by atoms with Crippen LogP contribution in [0.2, 0.25) is 10.0 Å². The summed E-state index contributed by atoms with van der Waals surface area (Å²) in [4.78, 5) is 24.5. The maximum atomic E-state index is 14.4. The number of likely N-dealkylation sites (tertiary alicyclic amines) is 1. The first-order valence-corrected chi connectivity index (χ1v) is 15.9. The molecular formula is C35H38Cl2N6O. The summed E-state index contributed by atoms with van der Waals surface area (Å²) in [6.45, 7) is 3.47. The maximum Gasteiger partial charge on any atom is 0.271 e. The molecule has 2 aromatic heterocycles. The van der Waals surface area contributed by atoms with E-state index in [1.165, 1.54) is 0 Å². The van der Waals surface area contributed by atoms with Gasteiger partial charge >= 0.3 is 0 Å². The molecule has 0 spiro atoms. The van der Waals surface area contributed by atoms with Crippen LogP contribution in [0.4, 0.5) is 0 Å². The molecule has 6 rings (SSSR count). The molecule has 1 unspecified atom stereocenters. The second-order valence-corrected chi connectivity index (χ2v) is 12.8. The SMILES string of the molecule is CN(C)CCCN(C)C1CCN(C(=O)c2[nH]c3cc(Cl)ccc3c2-c2c(Cc3ccc(Cl)cc3)cnn2-c2ccccc2)C1. The minimum Gasteiger partial charge on any atom is -0.350 e. The Morgan fingerprint density at radius 1 is 0.977 bits per heavy atom. The van der Waals surface area contributed by atoms with Crippen molar-refractivity contribution in [2.75, 3.05) is 47.3 Å². The third-order valence-electron chi connectivity index (χ3n) is 8.55. The Hall–Kier alpha value is -3.62. The maximum absolute atomic E-state index is 14.4. The summed E-state index contributed by atoms with van der Waals surface area (Å²) in [5.74, 6) is -0.00484. The fourth-order valence-electron chi connectivity index (χ4n) is 6.20. The molecule has 0 bridgehead atoms. The van der Waals surface area contributed by atoms with E-state index in [1.807, 2.05) is 88.6 Å². The Balaban J connectivity index is 1.42. The molecule has 1 fully saturated rings. The van der Waals surface area contributed by atoms with Gasteiger partial charge in [-0.2, -0.15) is 5.10 Å². The van der Waals surface area contributed by atoms with Gasteiger partial charge < -0.3 is 19.7 Å². The fourth-order valence-corrected chi connectivity index (χ4v) is 6.50. The van der Waals surface area contributed by atoms with Crippen molar-refractivity contribution in [3.05, 3.63) is 106 Å². The molecule has 1 saturated heterocycles. The van der Waals surface area contributed by atoms with Crippen molar-refractivity contribution < 1.29 is 4.79 Å². The predicted octanol–water partition coefficient (Wildman–Crippen LogP) is 7.02. The summed E-state index contributed by atoms with van der Waals surface area (Å²) in [7, 11) is 6.38. The Labute approximate surface area is 269 Å². The number of amides is 1. The normalized spacial score (nSPS) is 15.2. The number of carbonyl (C=O) groups is 1. The number of H-pyrrole nitrogens is 1. The first-order valence-electron chi connectivity index (χ1n) is 15.1. The van der Waals surface area contributed by atoms with Crippen LogP contribution in [0.3, 0.4) is 0 Å². The molecule has 1 atom stereocenters. The first-order chi connectivity index (χ1) is 21.3. The van der Waals surface area contributed by atoms with E-state index < -0.39 is 0 Å². The summed E-state index contributed by atoms with van der Waals surface area (Å²) < 4.78 is 1.95. The standard InChI is InChI=1S/C35H38Cl2N6O/c1-40(2)17-7-18-41(3)29-16-19-42(23-29)35(44)33-32(30-15-14-27(37)21-31(30)39-33)34-25(20-24-10-12-26(36)13-11-24)22-38-43(34)28-8-5-4-6-9-28/h4-6,8-15,21-22,29,39H,7,16-20,23H2,1-3H3. The van der Waals surface area contributed by atoms with Crippen molar-refractivity contribution in [3.63, 3.8) is 0 Å². The van der Waals surface area contributed by atoms with Gasteiger partial charge in [-0.1, -0.05) is 59.6 Å². The van der Waals surface area contributed by atoms with E-state index in [9.17, 15) is 4.79 Å². The Morgan fingerprint density at radius 3 is 2.48 bits per heavy atom. The third kappa shape index (κ3) is 6.42. The van der Waals surface area contributed by atoms with E-state index in [1.54, 1.807) is 0 Å². The summed E-state index contributed by atoms with van der Waals surface area (Å²) in [5.41, 5.74) is 6.17. The number of para-hydroxylation sites is 1. The Kier molecular flexibility index (Phi) is 9.10. The highest BCUT2D eigenvalue weighted by Gasteiger charge is 2.33. The first kappa shape index (κ1) is 30.4. The third-order valence-corrected chi connectivity index (χ3v) is 9.04. The molecule has 3 aromatic carbocycles. The van der Waals surface area contributed by atoms with Gasteiger partial charge in [0.2, 0.25) is 0 Å². The average molecular weight is 630 g/mol. The predicted molar refractivity (Wildman–Crippen MR) is 180 cm³/mol. The lowest BCUT2D eigenvalue weighted by Crippen LogP contribution is -2.37. The molecule has 1 N–H and O–H groups in total. The molecule has 0 saturated carbocycles. The van der Waals surface area contributed by atoms with Crippen LogP contribution < -0.4 is 0 Å². The number of carbonyl (C=O) groups excluding carboxylic acids is 1. The molecule has 0 aliphatic carbocycles. The van der Waals surface area contributed by atoms with Gasteiger partial charge in [0.25, 0.3) is 5.91 Å². The van der Waals surface area contributed by atoms with E-state index in [2.05, 4.69) is 35.9 Å². The van der Waals surface area contributed by atoms with Crippen molar-refractivity contribution in [1.29, 1.82) is 0 Å². The van der Waals surface area contributed by atoms with Crippen LogP contribution in [0.1, 0.15) is 34.5 Å². The lowest BCUT2D eigenvalue weighted by molar-refractivity contribution is 0.0776. The zero-order chi connectivity index (χ0) is 30.8. The van der Waals surface area contributed by atoms with E-state index in [0.717, 1.165) is 64.9 Å². The van der Waals surface area contributed by atoms with Gasteiger partial charge in [-0.25, -0.2) is 4.68 Å². The number of rotatable bonds is 10. The topological polar surface area (TPSA) is 60.4 Å². The molecule has 1 aliphatic heterocycles. The van der Waals surface area contributed by atoms with E-state index in [-0.39, 0.29) is 5.91 Å². The number of fused-ring (bicyclic) bond motifs is 1. The highest BCUT2D eigenvalue weighted by molar-refractivity contribution is 6.31. The van der Waals surface area contributed by atoms with Crippen LogP contribution >= 0.6 is 23.2 Å². The van der Waals surface area contributed by atoms with Gasteiger partial charge in [0.1, 0.15) is 5.69 Å². The van der Waals surface area contributed by atoms with Crippen LogP contribution in [-0.4, -0.2) is 88.7 Å². The van der Waals surface area contributed by atoms with Gasteiger partial charge in [-0.05, 0) is 89.0 Å². The Morgan fingerprint density at radius 2 is 1.73 bits per heavy atom. The molecule has 0 radical (unpaired) electrons. The van der Waals surface area contributed by atoms with E-state index in [0.29, 0.717) is 41.3 Å². The Bertz CT molecular complexity index is 1740. The molecule has 1 aliphatic rings. The molecule has 9 heteroatoms.